The van der Waals surface area contributed by atoms with Crippen molar-refractivity contribution in [1.82, 2.24) is 20.1 Å². The molecular formula is C16H24N4O4S. The smallest absolute Gasteiger partial charge is 0.253 e. The number of nitrogens with zero attached hydrogens (tertiary/aromatic N) is 2. The van der Waals surface area contributed by atoms with E-state index in [1.165, 1.54) is 38.4 Å². The first-order valence-corrected chi connectivity index (χ1v) is 9.60. The minimum atomic E-state index is -3.62. The maximum absolute atomic E-state index is 12.2. The number of carbonyl (C=O) groups excluding carboxylic acids is 2. The number of nitrogens with one attached hydrogen (secondary N) is 2. The second kappa shape index (κ2) is 8.41. The first kappa shape index (κ1) is 19.4. The van der Waals surface area contributed by atoms with Gasteiger partial charge >= 0.3 is 0 Å². The summed E-state index contributed by atoms with van der Waals surface area (Å²) in [6.45, 7) is 1.45. The van der Waals surface area contributed by atoms with E-state index in [1.807, 2.05) is 5.01 Å². The molecule has 9 heteroatoms. The molecule has 1 aromatic carbocycles. The zero-order valence-electron chi connectivity index (χ0n) is 14.5. The van der Waals surface area contributed by atoms with E-state index in [0.717, 1.165) is 36.7 Å². The van der Waals surface area contributed by atoms with Crippen LogP contribution in [-0.2, 0) is 14.8 Å². The fourth-order valence-corrected chi connectivity index (χ4v) is 3.44. The van der Waals surface area contributed by atoms with E-state index < -0.39 is 15.9 Å². The second-order valence-electron chi connectivity index (χ2n) is 6.08. The lowest BCUT2D eigenvalue weighted by Crippen LogP contribution is -2.48. The number of amides is 2. The summed E-state index contributed by atoms with van der Waals surface area (Å²) in [6.07, 6.45) is 3.24. The fraction of sp³-hybridized carbons (Fsp3) is 0.500. The van der Waals surface area contributed by atoms with Crippen LogP contribution in [0.5, 0.6) is 0 Å². The molecule has 2 N–H and O–H groups in total. The van der Waals surface area contributed by atoms with Crippen molar-refractivity contribution in [3.05, 3.63) is 29.8 Å². The Morgan fingerprint density at radius 3 is 2.48 bits per heavy atom. The lowest BCUT2D eigenvalue weighted by Gasteiger charge is -2.26. The van der Waals surface area contributed by atoms with Gasteiger partial charge in [0.05, 0.1) is 11.4 Å². The highest BCUT2D eigenvalue weighted by molar-refractivity contribution is 7.89. The Labute approximate surface area is 148 Å². The molecule has 1 fully saturated rings. The third-order valence-corrected chi connectivity index (χ3v) is 5.73. The highest BCUT2D eigenvalue weighted by atomic mass is 32.2. The van der Waals surface area contributed by atoms with Gasteiger partial charge in [-0.05, 0) is 31.0 Å². The lowest BCUT2D eigenvalue weighted by molar-refractivity contribution is -0.125. The predicted molar refractivity (Wildman–Crippen MR) is 93.2 cm³/mol. The lowest BCUT2D eigenvalue weighted by atomic mass is 10.2. The van der Waals surface area contributed by atoms with E-state index in [4.69, 9.17) is 0 Å². The summed E-state index contributed by atoms with van der Waals surface area (Å²) in [5, 5.41) is 4.36. The van der Waals surface area contributed by atoms with Crippen molar-refractivity contribution in [1.29, 1.82) is 0 Å². The molecule has 0 bridgehead atoms. The van der Waals surface area contributed by atoms with Crippen molar-refractivity contribution in [2.24, 2.45) is 0 Å². The molecule has 8 nitrogen and oxygen atoms in total. The van der Waals surface area contributed by atoms with E-state index in [2.05, 4.69) is 10.7 Å². The summed E-state index contributed by atoms with van der Waals surface area (Å²) < 4.78 is 25.3. The standard InChI is InChI=1S/C16H24N4O4S/c1-19(2)25(23,24)14-8-6-7-13(11-14)16(22)17-12-15(21)18-20-9-4-3-5-10-20/h6-8,11H,3-5,9-10,12H2,1-2H3,(H,17,22)(H,18,21). The number of hydrazine groups is 1. The number of hydrogen-bond acceptors (Lipinski definition) is 5. The van der Waals surface area contributed by atoms with Crippen LogP contribution in [0.3, 0.4) is 0 Å². The van der Waals surface area contributed by atoms with Crippen molar-refractivity contribution in [2.45, 2.75) is 24.2 Å². The average molecular weight is 368 g/mol. The maximum Gasteiger partial charge on any atom is 0.253 e. The van der Waals surface area contributed by atoms with Crippen LogP contribution in [0, 0.1) is 0 Å². The first-order valence-electron chi connectivity index (χ1n) is 8.16. The summed E-state index contributed by atoms with van der Waals surface area (Å²) in [5.41, 5.74) is 2.94. The Bertz CT molecular complexity index is 727. The normalized spacial score (nSPS) is 15.8. The Hall–Kier alpha value is -1.97. The highest BCUT2D eigenvalue weighted by Gasteiger charge is 2.19. The first-order chi connectivity index (χ1) is 11.8. The summed E-state index contributed by atoms with van der Waals surface area (Å²) in [4.78, 5) is 24.1. The van der Waals surface area contributed by atoms with Crippen LogP contribution < -0.4 is 10.7 Å². The van der Waals surface area contributed by atoms with Gasteiger partial charge in [-0.25, -0.2) is 17.7 Å². The van der Waals surface area contributed by atoms with Crippen molar-refractivity contribution in [2.75, 3.05) is 33.7 Å². The van der Waals surface area contributed by atoms with Crippen molar-refractivity contribution >= 4 is 21.8 Å². The Kier molecular flexibility index (Phi) is 6.51. The van der Waals surface area contributed by atoms with Gasteiger partial charge in [0.25, 0.3) is 11.8 Å². The highest BCUT2D eigenvalue weighted by Crippen LogP contribution is 2.14. The fourth-order valence-electron chi connectivity index (χ4n) is 2.49. The van der Waals surface area contributed by atoms with E-state index >= 15 is 0 Å². The van der Waals surface area contributed by atoms with Crippen molar-refractivity contribution in [3.63, 3.8) is 0 Å². The maximum atomic E-state index is 12.2. The Morgan fingerprint density at radius 2 is 1.84 bits per heavy atom. The second-order valence-corrected chi connectivity index (χ2v) is 8.23. The van der Waals surface area contributed by atoms with Gasteiger partial charge in [0.15, 0.2) is 0 Å². The number of carbonyl (C=O) groups is 2. The monoisotopic (exact) mass is 368 g/mol. The molecule has 25 heavy (non-hydrogen) atoms. The molecule has 2 rings (SSSR count). The molecule has 0 aliphatic carbocycles. The van der Waals surface area contributed by atoms with Gasteiger partial charge in [0.1, 0.15) is 0 Å². The molecule has 0 unspecified atom stereocenters. The number of rotatable bonds is 6. The van der Waals surface area contributed by atoms with Gasteiger partial charge in [0.2, 0.25) is 10.0 Å². The van der Waals surface area contributed by atoms with E-state index in [0.29, 0.717) is 0 Å². The Morgan fingerprint density at radius 1 is 1.16 bits per heavy atom. The van der Waals surface area contributed by atoms with Crippen LogP contribution in [-0.4, -0.2) is 63.3 Å². The SMILES string of the molecule is CN(C)S(=O)(=O)c1cccc(C(=O)NCC(=O)NN2CCCCC2)c1. The average Bonchev–Trinajstić information content (AvgIpc) is 2.60. The number of hydrogen-bond donors (Lipinski definition) is 2. The van der Waals surface area contributed by atoms with Crippen LogP contribution in [0.2, 0.25) is 0 Å². The molecule has 1 aliphatic heterocycles. The Balaban J connectivity index is 1.93. The summed E-state index contributed by atoms with van der Waals surface area (Å²) in [5.74, 6) is -0.795. The largest absolute Gasteiger partial charge is 0.343 e. The van der Waals surface area contributed by atoms with Crippen molar-refractivity contribution in [3.8, 4) is 0 Å². The van der Waals surface area contributed by atoms with Crippen LogP contribution in [0.15, 0.2) is 29.2 Å². The zero-order chi connectivity index (χ0) is 18.4. The van der Waals surface area contributed by atoms with Crippen LogP contribution in [0.1, 0.15) is 29.6 Å². The van der Waals surface area contributed by atoms with E-state index in [-0.39, 0.29) is 22.9 Å². The molecule has 1 saturated heterocycles. The third kappa shape index (κ3) is 5.25. The van der Waals surface area contributed by atoms with Gasteiger partial charge < -0.3 is 5.32 Å². The molecule has 1 aliphatic rings. The molecule has 0 radical (unpaired) electrons. The van der Waals surface area contributed by atoms with E-state index in [1.54, 1.807) is 0 Å². The summed E-state index contributed by atoms with van der Waals surface area (Å²) in [7, 11) is -0.769. The molecule has 0 saturated carbocycles. The molecule has 0 spiro atoms. The van der Waals surface area contributed by atoms with Gasteiger partial charge in [0, 0.05) is 32.7 Å². The molecular weight excluding hydrogens is 344 g/mol. The molecule has 1 aromatic rings. The topological polar surface area (TPSA) is 98.8 Å². The predicted octanol–water partition coefficient (Wildman–Crippen LogP) is 0.184. The number of sulfonamides is 1. The quantitative estimate of drug-likeness (QED) is 0.747. The van der Waals surface area contributed by atoms with Crippen LogP contribution >= 0.6 is 0 Å². The minimum absolute atomic E-state index is 0.0305. The van der Waals surface area contributed by atoms with E-state index in [9.17, 15) is 18.0 Å². The zero-order valence-corrected chi connectivity index (χ0v) is 15.3. The summed E-state index contributed by atoms with van der Waals surface area (Å²) >= 11 is 0. The number of piperidine rings is 1. The summed E-state index contributed by atoms with van der Waals surface area (Å²) in [6, 6.07) is 5.73. The van der Waals surface area contributed by atoms with Crippen molar-refractivity contribution < 1.29 is 18.0 Å². The molecule has 0 aromatic heterocycles. The van der Waals surface area contributed by atoms with Gasteiger partial charge in [-0.3, -0.25) is 15.0 Å². The number of benzene rings is 1. The van der Waals surface area contributed by atoms with Crippen LogP contribution in [0.25, 0.3) is 0 Å². The third-order valence-electron chi connectivity index (χ3n) is 3.92. The van der Waals surface area contributed by atoms with Gasteiger partial charge in [-0.1, -0.05) is 12.5 Å². The van der Waals surface area contributed by atoms with Gasteiger partial charge in [-0.2, -0.15) is 0 Å². The molecule has 138 valence electrons. The van der Waals surface area contributed by atoms with Gasteiger partial charge in [-0.15, -0.1) is 0 Å². The molecule has 1 heterocycles. The molecule has 2 amide bonds. The van der Waals surface area contributed by atoms with Crippen LogP contribution in [0.4, 0.5) is 0 Å². The molecule has 0 atom stereocenters. The minimum Gasteiger partial charge on any atom is -0.343 e.